The van der Waals surface area contributed by atoms with Gasteiger partial charge in [-0.05, 0) is 35.4 Å². The van der Waals surface area contributed by atoms with Crippen LogP contribution in [-0.2, 0) is 0 Å². The number of fused-ring (bicyclic) bond motifs is 3. The average Bonchev–Trinajstić information content (AvgIpc) is 3.48. The molecule has 8 rings (SSSR count). The highest BCUT2D eigenvalue weighted by molar-refractivity contribution is 6.08. The molecule has 0 spiro atoms. The number of furan rings is 1. The largest absolute Gasteiger partial charge is 0.454 e. The molecule has 4 aromatic carbocycles. The van der Waals surface area contributed by atoms with Crippen LogP contribution in [-0.4, -0.2) is 24.9 Å². The predicted molar refractivity (Wildman–Crippen MR) is 170 cm³/mol. The quantitative estimate of drug-likeness (QED) is 0.212. The van der Waals surface area contributed by atoms with Crippen molar-refractivity contribution in [1.29, 1.82) is 0 Å². The molecule has 4 aromatic heterocycles. The van der Waals surface area contributed by atoms with Crippen molar-refractivity contribution in [2.75, 3.05) is 0 Å². The Hall–Kier alpha value is -6.01. The van der Waals surface area contributed by atoms with Gasteiger partial charge in [-0.3, -0.25) is 9.97 Å². The molecule has 0 aliphatic heterocycles. The van der Waals surface area contributed by atoms with Gasteiger partial charge in [-0.2, -0.15) is 0 Å². The number of rotatable bonds is 5. The van der Waals surface area contributed by atoms with Crippen LogP contribution in [0.1, 0.15) is 0 Å². The molecule has 0 amide bonds. The monoisotopic (exact) mass is 553 g/mol. The lowest BCUT2D eigenvalue weighted by Gasteiger charge is -2.10. The zero-order valence-electron chi connectivity index (χ0n) is 22.9. The van der Waals surface area contributed by atoms with E-state index in [0.29, 0.717) is 17.5 Å². The highest BCUT2D eigenvalue weighted by Gasteiger charge is 2.16. The first kappa shape index (κ1) is 24.8. The number of hydrogen-bond acceptors (Lipinski definition) is 6. The van der Waals surface area contributed by atoms with Gasteiger partial charge in [0.25, 0.3) is 0 Å². The summed E-state index contributed by atoms with van der Waals surface area (Å²) in [4.78, 5) is 23.8. The number of nitrogens with zero attached hydrogens (tertiary/aromatic N) is 5. The van der Waals surface area contributed by atoms with Crippen molar-refractivity contribution in [3.63, 3.8) is 0 Å². The van der Waals surface area contributed by atoms with Gasteiger partial charge in [0.15, 0.2) is 23.1 Å². The molecule has 0 N–H and O–H groups in total. The summed E-state index contributed by atoms with van der Waals surface area (Å²) in [6.45, 7) is 0. The second-order valence-electron chi connectivity index (χ2n) is 10.2. The third-order valence-corrected chi connectivity index (χ3v) is 7.48. The molecular formula is C37H23N5O. The Morgan fingerprint density at radius 1 is 0.442 bits per heavy atom. The summed E-state index contributed by atoms with van der Waals surface area (Å²) in [6, 6.07) is 40.6. The maximum absolute atomic E-state index is 6.24. The minimum atomic E-state index is 0.580. The molecule has 4 heterocycles. The summed E-state index contributed by atoms with van der Waals surface area (Å²) in [5, 5.41) is 1.94. The molecule has 202 valence electrons. The molecule has 0 fully saturated rings. The van der Waals surface area contributed by atoms with Crippen LogP contribution in [0, 0.1) is 0 Å². The summed E-state index contributed by atoms with van der Waals surface area (Å²) < 4.78 is 6.24. The summed E-state index contributed by atoms with van der Waals surface area (Å²) in [7, 11) is 0. The Balaban J connectivity index is 1.28. The van der Waals surface area contributed by atoms with Crippen LogP contribution in [0.4, 0.5) is 0 Å². The first-order chi connectivity index (χ1) is 21.3. The smallest absolute Gasteiger partial charge is 0.164 e. The summed E-state index contributed by atoms with van der Waals surface area (Å²) in [5.41, 5.74) is 8.10. The van der Waals surface area contributed by atoms with Gasteiger partial charge in [0.2, 0.25) is 0 Å². The SMILES string of the molecule is c1ccc(-c2cccc(-c3nc(-c4ccccc4)nc(-c4cccc(-c5nccc6c5oc5ccncc56)c4)n3)c2)cc1. The molecule has 0 aliphatic rings. The fourth-order valence-electron chi connectivity index (χ4n) is 5.38. The first-order valence-electron chi connectivity index (χ1n) is 14.0. The van der Waals surface area contributed by atoms with Gasteiger partial charge in [0.05, 0.1) is 0 Å². The molecule has 0 unspecified atom stereocenters. The van der Waals surface area contributed by atoms with Crippen molar-refractivity contribution in [3.05, 3.63) is 140 Å². The van der Waals surface area contributed by atoms with Gasteiger partial charge in [-0.25, -0.2) is 15.0 Å². The zero-order chi connectivity index (χ0) is 28.6. The summed E-state index contributed by atoms with van der Waals surface area (Å²) in [5.74, 6) is 1.80. The van der Waals surface area contributed by atoms with Crippen LogP contribution in [0.15, 0.2) is 144 Å². The summed E-state index contributed by atoms with van der Waals surface area (Å²) >= 11 is 0. The molecule has 6 heteroatoms. The maximum atomic E-state index is 6.24. The lowest BCUT2D eigenvalue weighted by molar-refractivity contribution is 0.668. The molecule has 0 aliphatic carbocycles. The van der Waals surface area contributed by atoms with Gasteiger partial charge in [0.1, 0.15) is 11.3 Å². The second-order valence-corrected chi connectivity index (χ2v) is 10.2. The Morgan fingerprint density at radius 2 is 1.02 bits per heavy atom. The highest BCUT2D eigenvalue weighted by Crippen LogP contribution is 2.35. The minimum absolute atomic E-state index is 0.580. The van der Waals surface area contributed by atoms with Crippen molar-refractivity contribution in [1.82, 2.24) is 24.9 Å². The van der Waals surface area contributed by atoms with Crippen LogP contribution in [0.3, 0.4) is 0 Å². The predicted octanol–water partition coefficient (Wildman–Crippen LogP) is 8.90. The topological polar surface area (TPSA) is 77.6 Å². The Morgan fingerprint density at radius 3 is 1.74 bits per heavy atom. The maximum Gasteiger partial charge on any atom is 0.164 e. The van der Waals surface area contributed by atoms with Crippen LogP contribution >= 0.6 is 0 Å². The van der Waals surface area contributed by atoms with E-state index in [4.69, 9.17) is 24.4 Å². The van der Waals surface area contributed by atoms with Crippen molar-refractivity contribution >= 4 is 21.9 Å². The molecule has 6 nitrogen and oxygen atoms in total. The van der Waals surface area contributed by atoms with E-state index in [1.54, 1.807) is 12.4 Å². The molecule has 0 saturated heterocycles. The van der Waals surface area contributed by atoms with Crippen LogP contribution in [0.2, 0.25) is 0 Å². The molecule has 0 atom stereocenters. The van der Waals surface area contributed by atoms with E-state index >= 15 is 0 Å². The van der Waals surface area contributed by atoms with Gasteiger partial charge >= 0.3 is 0 Å². The molecular weight excluding hydrogens is 530 g/mol. The number of hydrogen-bond donors (Lipinski definition) is 0. The lowest BCUT2D eigenvalue weighted by Crippen LogP contribution is -2.00. The molecule has 0 saturated carbocycles. The Bertz CT molecular complexity index is 2240. The van der Waals surface area contributed by atoms with E-state index in [2.05, 4.69) is 35.3 Å². The molecule has 0 bridgehead atoms. The van der Waals surface area contributed by atoms with Crippen molar-refractivity contribution < 1.29 is 4.42 Å². The van der Waals surface area contributed by atoms with Gasteiger partial charge in [-0.15, -0.1) is 0 Å². The third-order valence-electron chi connectivity index (χ3n) is 7.48. The highest BCUT2D eigenvalue weighted by atomic mass is 16.3. The lowest BCUT2D eigenvalue weighted by atomic mass is 10.0. The fourth-order valence-corrected chi connectivity index (χ4v) is 5.38. The zero-order valence-corrected chi connectivity index (χ0v) is 22.9. The standard InChI is InChI=1S/C37H23N5O/c1-3-9-24(10-4-1)26-13-7-15-28(21-26)36-40-35(25-11-5-2-6-12-25)41-37(42-36)29-16-8-14-27(22-29)33-34-30(17-20-39-33)31-23-38-19-18-32(31)43-34/h1-23H. The summed E-state index contributed by atoms with van der Waals surface area (Å²) in [6.07, 6.45) is 5.36. The Labute approximate surface area is 247 Å². The van der Waals surface area contributed by atoms with Crippen molar-refractivity contribution in [2.45, 2.75) is 0 Å². The van der Waals surface area contributed by atoms with Gasteiger partial charge in [0, 0.05) is 51.6 Å². The Kier molecular flexibility index (Phi) is 6.01. The first-order valence-corrected chi connectivity index (χ1v) is 14.0. The van der Waals surface area contributed by atoms with E-state index in [0.717, 1.165) is 61.0 Å². The second kappa shape index (κ2) is 10.4. The number of pyridine rings is 2. The normalized spacial score (nSPS) is 11.3. The van der Waals surface area contributed by atoms with E-state index in [1.165, 1.54) is 0 Å². The van der Waals surface area contributed by atoms with Crippen LogP contribution < -0.4 is 0 Å². The van der Waals surface area contributed by atoms with E-state index in [9.17, 15) is 0 Å². The average molecular weight is 554 g/mol. The fraction of sp³-hybridized carbons (Fsp3) is 0. The van der Waals surface area contributed by atoms with Crippen LogP contribution in [0.25, 0.3) is 78.5 Å². The van der Waals surface area contributed by atoms with Gasteiger partial charge < -0.3 is 4.42 Å². The number of benzene rings is 4. The van der Waals surface area contributed by atoms with Crippen LogP contribution in [0.5, 0.6) is 0 Å². The van der Waals surface area contributed by atoms with Crippen molar-refractivity contribution in [3.8, 4) is 56.5 Å². The molecule has 0 radical (unpaired) electrons. The minimum Gasteiger partial charge on any atom is -0.454 e. The molecule has 43 heavy (non-hydrogen) atoms. The van der Waals surface area contributed by atoms with Crippen molar-refractivity contribution in [2.24, 2.45) is 0 Å². The van der Waals surface area contributed by atoms with E-state index in [1.807, 2.05) is 97.2 Å². The molecule has 8 aromatic rings. The van der Waals surface area contributed by atoms with E-state index in [-0.39, 0.29) is 0 Å². The third kappa shape index (κ3) is 4.61. The van der Waals surface area contributed by atoms with E-state index < -0.39 is 0 Å². The van der Waals surface area contributed by atoms with Gasteiger partial charge in [-0.1, -0.05) is 97.1 Å². The number of aromatic nitrogens is 5.